The molecule has 0 rings (SSSR count). The van der Waals surface area contributed by atoms with Crippen molar-refractivity contribution in [2.45, 2.75) is 70.3 Å². The Balaban J connectivity index is 5.06. The Morgan fingerprint density at radius 2 is 1.52 bits per heavy atom. The minimum atomic E-state index is -1.52. The monoisotopic (exact) mass is 475 g/mol. The molecular weight excluding hydrogens is 438 g/mol. The number of rotatable bonds is 15. The lowest BCUT2D eigenvalue weighted by atomic mass is 10.0. The van der Waals surface area contributed by atoms with Crippen molar-refractivity contribution in [3.05, 3.63) is 0 Å². The van der Waals surface area contributed by atoms with Crippen molar-refractivity contribution >= 4 is 29.7 Å². The van der Waals surface area contributed by atoms with Gasteiger partial charge in [-0.05, 0) is 32.1 Å². The molecule has 14 nitrogen and oxygen atoms in total. The predicted octanol–water partition coefficient (Wildman–Crippen LogP) is -3.67. The minimum absolute atomic E-state index is 0.0383. The van der Waals surface area contributed by atoms with E-state index in [0.29, 0.717) is 6.42 Å². The average molecular weight is 476 g/mol. The van der Waals surface area contributed by atoms with E-state index in [-0.39, 0.29) is 31.3 Å². The number of nitrogens with zero attached hydrogens (tertiary/aromatic N) is 1. The molecule has 0 aliphatic rings. The van der Waals surface area contributed by atoms with Crippen LogP contribution < -0.4 is 33.2 Å². The Labute approximate surface area is 192 Å². The molecule has 0 radical (unpaired) electrons. The van der Waals surface area contributed by atoms with Crippen LogP contribution in [0.25, 0.3) is 0 Å². The van der Waals surface area contributed by atoms with Gasteiger partial charge in [0.15, 0.2) is 5.96 Å². The van der Waals surface area contributed by atoms with Crippen molar-refractivity contribution in [2.24, 2.45) is 28.1 Å². The SMILES string of the molecule is CC(C)CC(NC(=O)C(NC(=O)C(CO)NC(=O)C(N)CCCN=C(N)N)C(C)O)C(=O)O. The summed E-state index contributed by atoms with van der Waals surface area (Å²) in [4.78, 5) is 52.4. The fourth-order valence-corrected chi connectivity index (χ4v) is 2.74. The summed E-state index contributed by atoms with van der Waals surface area (Å²) >= 11 is 0. The molecule has 0 fully saturated rings. The number of aliphatic carboxylic acids is 1. The molecule has 12 N–H and O–H groups in total. The molecule has 0 aliphatic heterocycles. The first-order valence-corrected chi connectivity index (χ1v) is 10.5. The van der Waals surface area contributed by atoms with Crippen LogP contribution in [0, 0.1) is 5.92 Å². The number of nitrogens with one attached hydrogen (secondary N) is 3. The van der Waals surface area contributed by atoms with Crippen LogP contribution in [0.15, 0.2) is 4.99 Å². The molecule has 0 saturated carbocycles. The summed E-state index contributed by atoms with van der Waals surface area (Å²) in [5, 5.41) is 35.5. The lowest BCUT2D eigenvalue weighted by Crippen LogP contribution is -2.60. The summed E-state index contributed by atoms with van der Waals surface area (Å²) < 4.78 is 0. The van der Waals surface area contributed by atoms with Crippen LogP contribution in [-0.4, -0.2) is 88.4 Å². The number of carbonyl (C=O) groups excluding carboxylic acids is 3. The van der Waals surface area contributed by atoms with Crippen molar-refractivity contribution in [1.29, 1.82) is 0 Å². The van der Waals surface area contributed by atoms with Crippen molar-refractivity contribution in [1.82, 2.24) is 16.0 Å². The Morgan fingerprint density at radius 3 is 1.97 bits per heavy atom. The van der Waals surface area contributed by atoms with E-state index in [1.165, 1.54) is 6.92 Å². The first-order chi connectivity index (χ1) is 15.3. The number of carboxylic acids is 1. The summed E-state index contributed by atoms with van der Waals surface area (Å²) in [5.74, 6) is -4.01. The summed E-state index contributed by atoms with van der Waals surface area (Å²) in [5.41, 5.74) is 16.2. The normalized spacial score (nSPS) is 15.5. The summed E-state index contributed by atoms with van der Waals surface area (Å²) in [6.07, 6.45) is -0.658. The second kappa shape index (κ2) is 15.0. The van der Waals surface area contributed by atoms with E-state index in [2.05, 4.69) is 20.9 Å². The number of hydrogen-bond acceptors (Lipinski definition) is 8. The fraction of sp³-hybridized carbons (Fsp3) is 0.737. The number of hydrogen-bond donors (Lipinski definition) is 9. The summed E-state index contributed by atoms with van der Waals surface area (Å²) in [6, 6.07) is -5.21. The Hall–Kier alpha value is -2.97. The number of carbonyl (C=O) groups is 4. The molecule has 0 bridgehead atoms. The number of aliphatic hydroxyl groups is 2. The maximum Gasteiger partial charge on any atom is 0.326 e. The number of nitrogens with two attached hydrogens (primary N) is 3. The first kappa shape index (κ1) is 30.0. The van der Waals surface area contributed by atoms with E-state index in [1.807, 2.05) is 0 Å². The highest BCUT2D eigenvalue weighted by molar-refractivity contribution is 5.94. The van der Waals surface area contributed by atoms with Crippen LogP contribution in [0.1, 0.15) is 40.0 Å². The molecule has 0 aromatic carbocycles. The van der Waals surface area contributed by atoms with E-state index in [0.717, 1.165) is 0 Å². The van der Waals surface area contributed by atoms with Crippen LogP contribution in [0.3, 0.4) is 0 Å². The molecule has 3 amide bonds. The maximum absolute atomic E-state index is 12.5. The molecule has 5 unspecified atom stereocenters. The highest BCUT2D eigenvalue weighted by Crippen LogP contribution is 2.06. The van der Waals surface area contributed by atoms with E-state index >= 15 is 0 Å². The van der Waals surface area contributed by atoms with E-state index < -0.39 is 60.6 Å². The molecule has 0 saturated heterocycles. The van der Waals surface area contributed by atoms with Crippen molar-refractivity contribution in [3.8, 4) is 0 Å². The molecule has 33 heavy (non-hydrogen) atoms. The van der Waals surface area contributed by atoms with Gasteiger partial charge in [0, 0.05) is 6.54 Å². The van der Waals surface area contributed by atoms with Crippen LogP contribution in [0.2, 0.25) is 0 Å². The number of guanidine groups is 1. The minimum Gasteiger partial charge on any atom is -0.480 e. The van der Waals surface area contributed by atoms with E-state index in [9.17, 15) is 34.5 Å². The van der Waals surface area contributed by atoms with Crippen LogP contribution in [-0.2, 0) is 19.2 Å². The number of aliphatic imine (C=N–C) groups is 1. The van der Waals surface area contributed by atoms with Gasteiger partial charge in [-0.25, -0.2) is 4.79 Å². The molecule has 0 spiro atoms. The number of aliphatic hydroxyl groups excluding tert-OH is 2. The van der Waals surface area contributed by atoms with Crippen LogP contribution >= 0.6 is 0 Å². The van der Waals surface area contributed by atoms with E-state index in [1.54, 1.807) is 13.8 Å². The quantitative estimate of drug-likeness (QED) is 0.0636. The zero-order chi connectivity index (χ0) is 25.7. The zero-order valence-corrected chi connectivity index (χ0v) is 19.2. The Morgan fingerprint density at radius 1 is 0.939 bits per heavy atom. The van der Waals surface area contributed by atoms with Crippen molar-refractivity contribution in [3.63, 3.8) is 0 Å². The highest BCUT2D eigenvalue weighted by Gasteiger charge is 2.32. The largest absolute Gasteiger partial charge is 0.480 e. The summed E-state index contributed by atoms with van der Waals surface area (Å²) in [7, 11) is 0. The third-order valence-corrected chi connectivity index (χ3v) is 4.50. The molecule has 0 aromatic rings. The van der Waals surface area contributed by atoms with Crippen molar-refractivity contribution < 1.29 is 34.5 Å². The van der Waals surface area contributed by atoms with Gasteiger partial charge in [-0.2, -0.15) is 0 Å². The second-order valence-electron chi connectivity index (χ2n) is 8.05. The standard InChI is InChI=1S/C19H37N7O7/c1-9(2)7-12(18(32)33)24-17(31)14(10(3)28)26-16(30)13(8-27)25-15(29)11(20)5-4-6-23-19(21)22/h9-14,27-28H,4-8,20H2,1-3H3,(H,24,31)(H,25,29)(H,26,30)(H,32,33)(H4,21,22,23). The lowest BCUT2D eigenvalue weighted by Gasteiger charge is -2.26. The Bertz CT molecular complexity index is 696. The highest BCUT2D eigenvalue weighted by atomic mass is 16.4. The average Bonchev–Trinajstić information content (AvgIpc) is 2.71. The van der Waals surface area contributed by atoms with Gasteiger partial charge in [0.2, 0.25) is 17.7 Å². The van der Waals surface area contributed by atoms with E-state index in [4.69, 9.17) is 17.2 Å². The topological polar surface area (TPSA) is 255 Å². The van der Waals surface area contributed by atoms with Gasteiger partial charge in [0.1, 0.15) is 18.1 Å². The van der Waals surface area contributed by atoms with Gasteiger partial charge in [-0.1, -0.05) is 13.8 Å². The molecule has 190 valence electrons. The van der Waals surface area contributed by atoms with Crippen molar-refractivity contribution in [2.75, 3.05) is 13.2 Å². The maximum atomic E-state index is 12.5. The van der Waals surface area contributed by atoms with Crippen LogP contribution in [0.4, 0.5) is 0 Å². The van der Waals surface area contributed by atoms with Gasteiger partial charge in [-0.15, -0.1) is 0 Å². The summed E-state index contributed by atoms with van der Waals surface area (Å²) in [6.45, 7) is 4.22. The first-order valence-electron chi connectivity index (χ1n) is 10.5. The third-order valence-electron chi connectivity index (χ3n) is 4.50. The molecule has 0 heterocycles. The van der Waals surface area contributed by atoms with Gasteiger partial charge in [-0.3, -0.25) is 19.4 Å². The smallest absolute Gasteiger partial charge is 0.326 e. The third kappa shape index (κ3) is 12.0. The van der Waals surface area contributed by atoms with Gasteiger partial charge in [0.05, 0.1) is 18.8 Å². The molecule has 0 aliphatic carbocycles. The lowest BCUT2D eigenvalue weighted by molar-refractivity contribution is -0.143. The number of amides is 3. The molecule has 0 aromatic heterocycles. The predicted molar refractivity (Wildman–Crippen MR) is 120 cm³/mol. The molecular formula is C19H37N7O7. The number of carboxylic acid groups (broad SMARTS) is 1. The fourth-order valence-electron chi connectivity index (χ4n) is 2.74. The zero-order valence-electron chi connectivity index (χ0n) is 19.2. The van der Waals surface area contributed by atoms with Gasteiger partial charge < -0.3 is 48.5 Å². The molecule has 5 atom stereocenters. The second-order valence-corrected chi connectivity index (χ2v) is 8.05. The van der Waals surface area contributed by atoms with Gasteiger partial charge in [0.25, 0.3) is 0 Å². The molecule has 14 heteroatoms. The Kier molecular flexibility index (Phi) is 13.6. The van der Waals surface area contributed by atoms with Crippen LogP contribution in [0.5, 0.6) is 0 Å². The van der Waals surface area contributed by atoms with Gasteiger partial charge >= 0.3 is 5.97 Å².